The second-order valence-electron chi connectivity index (χ2n) is 5.92. The number of guanidine groups is 1. The van der Waals surface area contributed by atoms with Gasteiger partial charge in [0.05, 0.1) is 18.6 Å². The number of amides is 2. The van der Waals surface area contributed by atoms with E-state index in [0.29, 0.717) is 5.69 Å². The van der Waals surface area contributed by atoms with E-state index in [-0.39, 0.29) is 18.1 Å². The van der Waals surface area contributed by atoms with Gasteiger partial charge in [-0.1, -0.05) is 0 Å². The van der Waals surface area contributed by atoms with Crippen molar-refractivity contribution in [1.82, 2.24) is 10.2 Å². The lowest BCUT2D eigenvalue weighted by molar-refractivity contribution is -0.134. The number of anilines is 1. The van der Waals surface area contributed by atoms with Gasteiger partial charge in [0.2, 0.25) is 11.9 Å². The molecule has 2 aliphatic rings. The average molecular weight is 336 g/mol. The van der Waals surface area contributed by atoms with Crippen molar-refractivity contribution in [1.29, 1.82) is 0 Å². The number of nitrogens with two attached hydrogens (primary N) is 1. The number of carbonyl (C=O) groups excluding carboxylic acids is 1. The monoisotopic (exact) mass is 336 g/mol. The molecule has 0 aliphatic carbocycles. The fourth-order valence-corrected chi connectivity index (χ4v) is 3.30. The first-order chi connectivity index (χ1) is 11.3. The zero-order chi connectivity index (χ0) is 17.6. The van der Waals surface area contributed by atoms with Gasteiger partial charge in [0, 0.05) is 18.3 Å². The van der Waals surface area contributed by atoms with Gasteiger partial charge >= 0.3 is 6.09 Å². The summed E-state index contributed by atoms with van der Waals surface area (Å²) in [4.78, 5) is 29.2. The fourth-order valence-electron chi connectivity index (χ4n) is 3.30. The first kappa shape index (κ1) is 16.2. The lowest BCUT2D eigenvalue weighted by Crippen LogP contribution is -2.57. The quantitative estimate of drug-likeness (QED) is 0.654. The number of nitrogen functional groups attached to an aromatic ring is 1. The molecule has 128 valence electrons. The molecule has 4 N–H and O–H groups in total. The van der Waals surface area contributed by atoms with E-state index >= 15 is 0 Å². The van der Waals surface area contributed by atoms with Gasteiger partial charge in [-0.3, -0.25) is 15.0 Å². The van der Waals surface area contributed by atoms with Crippen molar-refractivity contribution in [2.45, 2.75) is 18.6 Å². The van der Waals surface area contributed by atoms with Crippen LogP contribution in [0.5, 0.6) is 0 Å². The molecule has 2 amide bonds. The van der Waals surface area contributed by atoms with E-state index in [0.717, 1.165) is 4.90 Å². The van der Waals surface area contributed by atoms with Gasteiger partial charge in [-0.2, -0.15) is 0 Å². The van der Waals surface area contributed by atoms with Crippen LogP contribution in [-0.4, -0.2) is 47.7 Å². The normalized spacial score (nSPS) is 29.2. The van der Waals surface area contributed by atoms with Crippen LogP contribution in [0.15, 0.2) is 23.2 Å². The smallest absolute Gasteiger partial charge is 0.411 e. The minimum atomic E-state index is -1.37. The summed E-state index contributed by atoms with van der Waals surface area (Å²) in [6, 6.07) is 4.01. The molecule has 0 bridgehead atoms. The highest BCUT2D eigenvalue weighted by Gasteiger charge is 2.58. The van der Waals surface area contributed by atoms with Gasteiger partial charge in [0.15, 0.2) is 0 Å². The van der Waals surface area contributed by atoms with E-state index in [2.05, 4.69) is 10.3 Å². The molecule has 1 saturated heterocycles. The maximum Gasteiger partial charge on any atom is 0.411 e. The Balaban J connectivity index is 2.23. The summed E-state index contributed by atoms with van der Waals surface area (Å²) in [7, 11) is 1.40. The molecular weight excluding hydrogens is 319 g/mol. The fraction of sp³-hybridized carbons (Fsp3) is 0.400. The maximum atomic E-state index is 14.5. The number of rotatable bonds is 1. The van der Waals surface area contributed by atoms with Gasteiger partial charge in [0.1, 0.15) is 11.4 Å². The third-order valence-electron chi connectivity index (χ3n) is 4.45. The van der Waals surface area contributed by atoms with Crippen LogP contribution in [0, 0.1) is 11.7 Å². The Labute approximate surface area is 137 Å². The highest BCUT2D eigenvalue weighted by molar-refractivity contribution is 6.05. The number of nitrogens with zero attached hydrogens (tertiary/aromatic N) is 2. The second-order valence-corrected chi connectivity index (χ2v) is 5.92. The van der Waals surface area contributed by atoms with Crippen LogP contribution in [0.1, 0.15) is 12.5 Å². The highest BCUT2D eigenvalue weighted by Crippen LogP contribution is 2.47. The van der Waals surface area contributed by atoms with Crippen molar-refractivity contribution < 1.29 is 23.8 Å². The number of nitrogens with one attached hydrogen (secondary N) is 1. The van der Waals surface area contributed by atoms with E-state index < -0.39 is 35.4 Å². The van der Waals surface area contributed by atoms with E-state index in [1.807, 2.05) is 0 Å². The van der Waals surface area contributed by atoms with E-state index in [1.165, 1.54) is 25.2 Å². The van der Waals surface area contributed by atoms with Gasteiger partial charge < -0.3 is 15.6 Å². The summed E-state index contributed by atoms with van der Waals surface area (Å²) >= 11 is 0. The Bertz CT molecular complexity index is 753. The summed E-state index contributed by atoms with van der Waals surface area (Å²) < 4.78 is 20.1. The third-order valence-corrected chi connectivity index (χ3v) is 4.45. The molecule has 24 heavy (non-hydrogen) atoms. The second kappa shape index (κ2) is 5.45. The van der Waals surface area contributed by atoms with Crippen LogP contribution in [0.3, 0.4) is 0 Å². The lowest BCUT2D eigenvalue weighted by atomic mass is 9.76. The lowest BCUT2D eigenvalue weighted by Gasteiger charge is -2.39. The molecule has 1 aromatic rings. The van der Waals surface area contributed by atoms with Crippen LogP contribution in [0.2, 0.25) is 0 Å². The van der Waals surface area contributed by atoms with Gasteiger partial charge in [0.25, 0.3) is 0 Å². The molecule has 1 fully saturated rings. The van der Waals surface area contributed by atoms with Crippen molar-refractivity contribution in [2.75, 3.05) is 19.4 Å². The molecule has 0 unspecified atom stereocenters. The molecule has 9 heteroatoms. The van der Waals surface area contributed by atoms with Crippen LogP contribution >= 0.6 is 0 Å². The predicted octanol–water partition coefficient (Wildman–Crippen LogP) is 0.734. The molecular formula is C15H17FN4O4. The summed E-state index contributed by atoms with van der Waals surface area (Å²) in [5, 5.41) is 11.0. The number of carboxylic acid groups (broad SMARTS) is 1. The minimum absolute atomic E-state index is 0.0520. The topological polar surface area (TPSA) is 117 Å². The Morgan fingerprint density at radius 2 is 2.29 bits per heavy atom. The number of hydrogen-bond acceptors (Lipinski definition) is 5. The molecule has 2 aliphatic heterocycles. The van der Waals surface area contributed by atoms with Crippen LogP contribution in [0.4, 0.5) is 14.9 Å². The Hall–Kier alpha value is -2.68. The number of fused-ring (bicyclic) bond motifs is 1. The average Bonchev–Trinajstić information content (AvgIpc) is 2.84. The first-order valence-corrected chi connectivity index (χ1v) is 7.31. The third kappa shape index (κ3) is 2.28. The SMILES string of the molecule is C[C@H]1OC[C@]2(c3cc(N)ccc3F)N=C(NC(=O)O)N(C)C(=O)[C@H]12. The first-order valence-electron chi connectivity index (χ1n) is 7.31. The molecule has 3 atom stereocenters. The Morgan fingerprint density at radius 3 is 2.96 bits per heavy atom. The largest absolute Gasteiger partial charge is 0.465 e. The zero-order valence-corrected chi connectivity index (χ0v) is 13.1. The summed E-state index contributed by atoms with van der Waals surface area (Å²) in [6.45, 7) is 1.65. The predicted molar refractivity (Wildman–Crippen MR) is 82.8 cm³/mol. The van der Waals surface area contributed by atoms with E-state index in [1.54, 1.807) is 6.92 Å². The van der Waals surface area contributed by atoms with Gasteiger partial charge in [-0.05, 0) is 25.1 Å². The van der Waals surface area contributed by atoms with E-state index in [4.69, 9.17) is 15.6 Å². The Morgan fingerprint density at radius 1 is 1.58 bits per heavy atom. The highest BCUT2D eigenvalue weighted by atomic mass is 19.1. The van der Waals surface area contributed by atoms with Crippen LogP contribution in [0.25, 0.3) is 0 Å². The van der Waals surface area contributed by atoms with Crippen molar-refractivity contribution in [2.24, 2.45) is 10.9 Å². The molecule has 3 rings (SSSR count). The van der Waals surface area contributed by atoms with Crippen molar-refractivity contribution in [3.8, 4) is 0 Å². The number of halogens is 1. The van der Waals surface area contributed by atoms with Gasteiger partial charge in [-0.15, -0.1) is 0 Å². The molecule has 1 aromatic carbocycles. The van der Waals surface area contributed by atoms with Crippen LogP contribution in [-0.2, 0) is 15.1 Å². The molecule has 0 saturated carbocycles. The van der Waals surface area contributed by atoms with Crippen molar-refractivity contribution >= 4 is 23.6 Å². The number of carbonyl (C=O) groups is 2. The van der Waals surface area contributed by atoms with Crippen molar-refractivity contribution in [3.63, 3.8) is 0 Å². The summed E-state index contributed by atoms with van der Waals surface area (Å²) in [6.07, 6.45) is -1.88. The summed E-state index contributed by atoms with van der Waals surface area (Å²) in [5.41, 5.74) is 4.83. The van der Waals surface area contributed by atoms with Gasteiger partial charge in [-0.25, -0.2) is 14.2 Å². The molecule has 0 radical (unpaired) electrons. The van der Waals surface area contributed by atoms with E-state index in [9.17, 15) is 14.0 Å². The number of hydrogen-bond donors (Lipinski definition) is 3. The zero-order valence-electron chi connectivity index (χ0n) is 13.1. The maximum absolute atomic E-state index is 14.5. The van der Waals surface area contributed by atoms with Crippen LogP contribution < -0.4 is 11.1 Å². The molecule has 2 heterocycles. The minimum Gasteiger partial charge on any atom is -0.465 e. The standard InChI is InChI=1S/C15H17FN4O4/c1-7-11-12(21)20(2)13(18-14(22)23)19-15(11,6-24-7)9-5-8(17)3-4-10(9)16/h3-5,7,11H,6,17H2,1-2H3,(H,18,19)(H,22,23)/t7-,11+,15-/m1/s1. The molecule has 0 spiro atoms. The molecule has 8 nitrogen and oxygen atoms in total. The number of benzene rings is 1. The summed E-state index contributed by atoms with van der Waals surface area (Å²) in [5.74, 6) is -1.94. The molecule has 0 aromatic heterocycles. The van der Waals surface area contributed by atoms with Crippen molar-refractivity contribution in [3.05, 3.63) is 29.6 Å². The Kier molecular flexibility index (Phi) is 3.67. The number of ether oxygens (including phenoxy) is 1. The number of aliphatic imine (C=N–C) groups is 1.